The quantitative estimate of drug-likeness (QED) is 0.459. The summed E-state index contributed by atoms with van der Waals surface area (Å²) in [6, 6.07) is 12.4. The molecular formula is C27H36N2O7. The standard InChI is InChI=1S/C27H36N2O7/c1-32-18-20-4-3-12-29(20)17-23(27(31)19-5-10-24-25(16-19)36-15-14-35-24)28-26(30)11-13-34-22-8-6-21(33-2)7-9-22/h5-10,16,20,23,27,31H,3-4,11-15,17-18H2,1-2H3,(H,28,30)/t20-,23-,27-/m1/s1. The first kappa shape index (κ1) is 26.1. The third-order valence-electron chi connectivity index (χ3n) is 6.58. The highest BCUT2D eigenvalue weighted by Crippen LogP contribution is 2.34. The lowest BCUT2D eigenvalue weighted by atomic mass is 10.00. The number of fused-ring (bicyclic) bond motifs is 1. The molecule has 2 aromatic carbocycles. The molecule has 4 rings (SSSR count). The molecule has 3 atom stereocenters. The smallest absolute Gasteiger partial charge is 0.223 e. The predicted molar refractivity (Wildman–Crippen MR) is 134 cm³/mol. The van der Waals surface area contributed by atoms with Crippen LogP contribution in [0.4, 0.5) is 0 Å². The van der Waals surface area contributed by atoms with Gasteiger partial charge in [-0.1, -0.05) is 6.07 Å². The van der Waals surface area contributed by atoms with Gasteiger partial charge in [0.05, 0.1) is 32.8 Å². The van der Waals surface area contributed by atoms with Gasteiger partial charge in [-0.25, -0.2) is 0 Å². The van der Waals surface area contributed by atoms with Gasteiger partial charge in [0.15, 0.2) is 11.5 Å². The van der Waals surface area contributed by atoms with Gasteiger partial charge in [-0.2, -0.15) is 0 Å². The first-order valence-electron chi connectivity index (χ1n) is 12.4. The van der Waals surface area contributed by atoms with E-state index in [0.717, 1.165) is 25.1 Å². The molecule has 0 bridgehead atoms. The third kappa shape index (κ3) is 6.81. The number of ether oxygens (including phenoxy) is 5. The van der Waals surface area contributed by atoms with Gasteiger partial charge in [0.25, 0.3) is 0 Å². The summed E-state index contributed by atoms with van der Waals surface area (Å²) in [6.07, 6.45) is 1.34. The second-order valence-corrected chi connectivity index (χ2v) is 9.04. The SMILES string of the molecule is COC[C@H]1CCCN1C[C@@H](NC(=O)CCOc1ccc(OC)cc1)[C@H](O)c1ccc2c(c1)OCCO2. The fourth-order valence-corrected chi connectivity index (χ4v) is 4.68. The van der Waals surface area contributed by atoms with Crippen molar-refractivity contribution in [1.29, 1.82) is 0 Å². The van der Waals surface area contributed by atoms with Crippen LogP contribution in [0.15, 0.2) is 42.5 Å². The van der Waals surface area contributed by atoms with Gasteiger partial charge in [-0.3, -0.25) is 9.69 Å². The summed E-state index contributed by atoms with van der Waals surface area (Å²) in [7, 11) is 3.30. The van der Waals surface area contributed by atoms with Gasteiger partial charge in [-0.05, 0) is 61.3 Å². The maximum atomic E-state index is 12.9. The number of carbonyl (C=O) groups is 1. The van der Waals surface area contributed by atoms with Gasteiger partial charge in [0.2, 0.25) is 5.91 Å². The number of aliphatic hydroxyl groups excluding tert-OH is 1. The number of methoxy groups -OCH3 is 2. The van der Waals surface area contributed by atoms with E-state index in [1.54, 1.807) is 38.5 Å². The second-order valence-electron chi connectivity index (χ2n) is 9.04. The van der Waals surface area contributed by atoms with Crippen molar-refractivity contribution >= 4 is 5.91 Å². The van der Waals surface area contributed by atoms with Crippen LogP contribution in [0.25, 0.3) is 0 Å². The zero-order valence-electron chi connectivity index (χ0n) is 21.0. The Hall–Kier alpha value is -3.01. The Morgan fingerprint density at radius 2 is 1.86 bits per heavy atom. The van der Waals surface area contributed by atoms with E-state index < -0.39 is 12.1 Å². The summed E-state index contributed by atoms with van der Waals surface area (Å²) in [6.45, 7) is 3.22. The van der Waals surface area contributed by atoms with Crippen molar-refractivity contribution in [1.82, 2.24) is 10.2 Å². The summed E-state index contributed by atoms with van der Waals surface area (Å²) in [5.41, 5.74) is 0.668. The highest BCUT2D eigenvalue weighted by Gasteiger charge is 2.31. The normalized spacial score (nSPS) is 18.9. The zero-order valence-corrected chi connectivity index (χ0v) is 21.0. The van der Waals surface area contributed by atoms with Crippen LogP contribution in [-0.4, -0.2) is 81.7 Å². The van der Waals surface area contributed by atoms with E-state index in [1.807, 2.05) is 18.2 Å². The molecule has 0 radical (unpaired) electrons. The average Bonchev–Trinajstić information content (AvgIpc) is 3.34. The van der Waals surface area contributed by atoms with E-state index in [9.17, 15) is 9.90 Å². The molecule has 196 valence electrons. The van der Waals surface area contributed by atoms with Crippen LogP contribution >= 0.6 is 0 Å². The Kier molecular flexibility index (Phi) is 9.27. The Morgan fingerprint density at radius 1 is 1.11 bits per heavy atom. The minimum absolute atomic E-state index is 0.165. The molecule has 0 unspecified atom stereocenters. The molecule has 0 spiro atoms. The van der Waals surface area contributed by atoms with Crippen LogP contribution in [0.2, 0.25) is 0 Å². The van der Waals surface area contributed by atoms with Crippen LogP contribution in [-0.2, 0) is 9.53 Å². The summed E-state index contributed by atoms with van der Waals surface area (Å²) in [4.78, 5) is 15.2. The fraction of sp³-hybridized carbons (Fsp3) is 0.519. The summed E-state index contributed by atoms with van der Waals surface area (Å²) < 4.78 is 27.6. The maximum Gasteiger partial charge on any atom is 0.223 e. The van der Waals surface area contributed by atoms with Crippen molar-refractivity contribution in [3.05, 3.63) is 48.0 Å². The van der Waals surface area contributed by atoms with Gasteiger partial charge in [-0.15, -0.1) is 0 Å². The predicted octanol–water partition coefficient (Wildman–Crippen LogP) is 2.56. The van der Waals surface area contributed by atoms with Crippen molar-refractivity contribution in [3.63, 3.8) is 0 Å². The zero-order chi connectivity index (χ0) is 25.3. The van der Waals surface area contributed by atoms with Crippen molar-refractivity contribution in [2.75, 3.05) is 53.7 Å². The average molecular weight is 501 g/mol. The third-order valence-corrected chi connectivity index (χ3v) is 6.58. The molecular weight excluding hydrogens is 464 g/mol. The molecule has 2 aromatic rings. The summed E-state index contributed by atoms with van der Waals surface area (Å²) in [5.74, 6) is 2.48. The number of aliphatic hydroxyl groups is 1. The molecule has 1 amide bonds. The van der Waals surface area contributed by atoms with E-state index in [2.05, 4.69) is 10.2 Å². The van der Waals surface area contributed by atoms with Gasteiger partial charge < -0.3 is 34.1 Å². The molecule has 2 heterocycles. The topological polar surface area (TPSA) is 98.7 Å². The molecule has 0 aromatic heterocycles. The molecule has 2 N–H and O–H groups in total. The molecule has 1 saturated heterocycles. The second kappa shape index (κ2) is 12.8. The van der Waals surface area contributed by atoms with Crippen molar-refractivity contribution in [3.8, 4) is 23.0 Å². The minimum atomic E-state index is -0.920. The Bertz CT molecular complexity index is 985. The number of hydrogen-bond donors (Lipinski definition) is 2. The Labute approximate surface area is 212 Å². The lowest BCUT2D eigenvalue weighted by Gasteiger charge is -2.32. The number of rotatable bonds is 12. The fourth-order valence-electron chi connectivity index (χ4n) is 4.68. The number of likely N-dealkylation sites (tertiary alicyclic amines) is 1. The highest BCUT2D eigenvalue weighted by atomic mass is 16.6. The van der Waals surface area contributed by atoms with E-state index >= 15 is 0 Å². The highest BCUT2D eigenvalue weighted by molar-refractivity contribution is 5.76. The molecule has 0 aliphatic carbocycles. The lowest BCUT2D eigenvalue weighted by Crippen LogP contribution is -2.49. The van der Waals surface area contributed by atoms with Gasteiger partial charge in [0, 0.05) is 19.7 Å². The van der Waals surface area contributed by atoms with Crippen LogP contribution in [0.3, 0.4) is 0 Å². The molecule has 36 heavy (non-hydrogen) atoms. The number of nitrogens with one attached hydrogen (secondary N) is 1. The van der Waals surface area contributed by atoms with Crippen LogP contribution < -0.4 is 24.3 Å². The van der Waals surface area contributed by atoms with Crippen molar-refractivity contribution in [2.45, 2.75) is 37.5 Å². The molecule has 9 nitrogen and oxygen atoms in total. The van der Waals surface area contributed by atoms with Crippen molar-refractivity contribution < 1.29 is 33.6 Å². The molecule has 2 aliphatic rings. The Morgan fingerprint density at radius 3 is 2.61 bits per heavy atom. The van der Waals surface area contributed by atoms with Crippen molar-refractivity contribution in [2.24, 2.45) is 0 Å². The summed E-state index contributed by atoms with van der Waals surface area (Å²) in [5, 5.41) is 14.4. The van der Waals surface area contributed by atoms with E-state index in [1.165, 1.54) is 0 Å². The lowest BCUT2D eigenvalue weighted by molar-refractivity contribution is -0.123. The van der Waals surface area contributed by atoms with Gasteiger partial charge >= 0.3 is 0 Å². The Balaban J connectivity index is 1.40. The van der Waals surface area contributed by atoms with E-state index in [4.69, 9.17) is 23.7 Å². The first-order valence-corrected chi connectivity index (χ1v) is 12.4. The monoisotopic (exact) mass is 500 g/mol. The first-order chi connectivity index (χ1) is 17.6. The van der Waals surface area contributed by atoms with Crippen LogP contribution in [0.5, 0.6) is 23.0 Å². The van der Waals surface area contributed by atoms with Gasteiger partial charge in [0.1, 0.15) is 30.8 Å². The number of benzene rings is 2. The minimum Gasteiger partial charge on any atom is -0.497 e. The maximum absolute atomic E-state index is 12.9. The number of carbonyl (C=O) groups excluding carboxylic acids is 1. The number of nitrogens with zero attached hydrogens (tertiary/aromatic N) is 1. The molecule has 0 saturated carbocycles. The van der Waals surface area contributed by atoms with E-state index in [-0.39, 0.29) is 25.0 Å². The summed E-state index contributed by atoms with van der Waals surface area (Å²) >= 11 is 0. The number of hydrogen-bond acceptors (Lipinski definition) is 8. The number of amides is 1. The van der Waals surface area contributed by atoms with E-state index in [0.29, 0.717) is 49.2 Å². The van der Waals surface area contributed by atoms with Crippen LogP contribution in [0.1, 0.15) is 30.9 Å². The molecule has 1 fully saturated rings. The van der Waals surface area contributed by atoms with Crippen LogP contribution in [0, 0.1) is 0 Å². The molecule has 9 heteroatoms. The molecule has 2 aliphatic heterocycles. The largest absolute Gasteiger partial charge is 0.497 e.